The maximum absolute atomic E-state index is 12.4. The minimum atomic E-state index is -4.54. The van der Waals surface area contributed by atoms with Crippen LogP contribution in [0.3, 0.4) is 0 Å². The Morgan fingerprint density at radius 3 is 2.88 bits per heavy atom. The number of carbonyl (C=O) groups excluding carboxylic acids is 1. The van der Waals surface area contributed by atoms with E-state index in [1.165, 1.54) is 0 Å². The third-order valence-corrected chi connectivity index (χ3v) is 1.68. The lowest BCUT2D eigenvalue weighted by Gasteiger charge is -2.02. The lowest BCUT2D eigenvalue weighted by Crippen LogP contribution is -2.07. The second-order valence-electron chi connectivity index (χ2n) is 2.94. The van der Waals surface area contributed by atoms with Gasteiger partial charge in [-0.3, -0.25) is 9.89 Å². The standard InChI is InChI=1S/C10H9F3N2O2/c1-2-17-8(16)5-3-4-7-6-14-15-9(7)10(11,12)13/h6H,2,5H2,1H3,(H,14,15). The predicted octanol–water partition coefficient (Wildman–Crippen LogP) is 1.73. The summed E-state index contributed by atoms with van der Waals surface area (Å²) in [5.41, 5.74) is -1.31. The van der Waals surface area contributed by atoms with E-state index in [1.807, 2.05) is 5.10 Å². The average molecular weight is 246 g/mol. The van der Waals surface area contributed by atoms with Gasteiger partial charge in [0.05, 0.1) is 18.4 Å². The molecular weight excluding hydrogens is 237 g/mol. The topological polar surface area (TPSA) is 55.0 Å². The summed E-state index contributed by atoms with van der Waals surface area (Å²) in [6, 6.07) is 0. The summed E-state index contributed by atoms with van der Waals surface area (Å²) >= 11 is 0. The van der Waals surface area contributed by atoms with E-state index in [-0.39, 0.29) is 18.6 Å². The van der Waals surface area contributed by atoms with Gasteiger partial charge in [0.1, 0.15) is 6.42 Å². The SMILES string of the molecule is CCOC(=O)CC#Cc1cn[nH]c1C(F)(F)F. The molecule has 1 heterocycles. The van der Waals surface area contributed by atoms with Gasteiger partial charge in [-0.25, -0.2) is 0 Å². The van der Waals surface area contributed by atoms with Crippen LogP contribution in [0, 0.1) is 11.8 Å². The van der Waals surface area contributed by atoms with Crippen molar-refractivity contribution in [3.05, 3.63) is 17.5 Å². The Labute approximate surface area is 95.2 Å². The molecule has 1 rings (SSSR count). The van der Waals surface area contributed by atoms with Crippen LogP contribution in [0.4, 0.5) is 13.2 Å². The molecule has 0 atom stereocenters. The van der Waals surface area contributed by atoms with E-state index >= 15 is 0 Å². The fourth-order valence-corrected chi connectivity index (χ4v) is 1.02. The Morgan fingerprint density at radius 1 is 1.59 bits per heavy atom. The number of H-pyrrole nitrogens is 1. The van der Waals surface area contributed by atoms with Gasteiger partial charge in [-0.2, -0.15) is 18.3 Å². The molecule has 0 aliphatic carbocycles. The molecule has 0 bridgehead atoms. The summed E-state index contributed by atoms with van der Waals surface area (Å²) in [6.45, 7) is 1.84. The van der Waals surface area contributed by atoms with E-state index in [9.17, 15) is 18.0 Å². The maximum Gasteiger partial charge on any atom is 0.434 e. The molecule has 0 unspecified atom stereocenters. The van der Waals surface area contributed by atoms with Gasteiger partial charge in [0.2, 0.25) is 0 Å². The lowest BCUT2D eigenvalue weighted by atomic mass is 10.2. The Morgan fingerprint density at radius 2 is 2.29 bits per heavy atom. The van der Waals surface area contributed by atoms with Crippen molar-refractivity contribution in [3.63, 3.8) is 0 Å². The van der Waals surface area contributed by atoms with Gasteiger partial charge in [-0.1, -0.05) is 11.8 Å². The molecule has 0 aromatic carbocycles. The molecule has 0 aliphatic heterocycles. The Kier molecular flexibility index (Phi) is 4.15. The first-order valence-electron chi connectivity index (χ1n) is 4.70. The molecule has 1 N–H and O–H groups in total. The van der Waals surface area contributed by atoms with Crippen LogP contribution in [0.5, 0.6) is 0 Å². The summed E-state index contributed by atoms with van der Waals surface area (Å²) in [4.78, 5) is 10.9. The highest BCUT2D eigenvalue weighted by Crippen LogP contribution is 2.29. The molecule has 0 fully saturated rings. The van der Waals surface area contributed by atoms with Crippen LogP contribution in [-0.4, -0.2) is 22.8 Å². The summed E-state index contributed by atoms with van der Waals surface area (Å²) in [6.07, 6.45) is -3.83. The van der Waals surface area contributed by atoms with Crippen molar-refractivity contribution in [1.82, 2.24) is 10.2 Å². The first-order valence-corrected chi connectivity index (χ1v) is 4.70. The molecule has 0 saturated heterocycles. The average Bonchev–Trinajstić information content (AvgIpc) is 2.65. The molecule has 1 aromatic heterocycles. The normalized spacial score (nSPS) is 10.6. The second-order valence-corrected chi connectivity index (χ2v) is 2.94. The highest BCUT2D eigenvalue weighted by atomic mass is 19.4. The van der Waals surface area contributed by atoms with Crippen molar-refractivity contribution >= 4 is 5.97 Å². The Bertz CT molecular complexity index is 454. The molecule has 0 radical (unpaired) electrons. The molecule has 92 valence electrons. The van der Waals surface area contributed by atoms with Gasteiger partial charge < -0.3 is 4.74 Å². The largest absolute Gasteiger partial charge is 0.465 e. The molecule has 0 spiro atoms. The van der Waals surface area contributed by atoms with E-state index in [0.717, 1.165) is 6.20 Å². The number of hydrogen-bond donors (Lipinski definition) is 1. The fraction of sp³-hybridized carbons (Fsp3) is 0.400. The number of nitrogens with zero attached hydrogens (tertiary/aromatic N) is 1. The van der Waals surface area contributed by atoms with Crippen molar-refractivity contribution in [1.29, 1.82) is 0 Å². The monoisotopic (exact) mass is 246 g/mol. The number of nitrogens with one attached hydrogen (secondary N) is 1. The third-order valence-electron chi connectivity index (χ3n) is 1.68. The van der Waals surface area contributed by atoms with Crippen molar-refractivity contribution in [2.24, 2.45) is 0 Å². The predicted molar refractivity (Wildman–Crippen MR) is 51.7 cm³/mol. The molecule has 17 heavy (non-hydrogen) atoms. The van der Waals surface area contributed by atoms with E-state index in [1.54, 1.807) is 6.92 Å². The Balaban J connectivity index is 2.73. The van der Waals surface area contributed by atoms with Crippen molar-refractivity contribution in [3.8, 4) is 11.8 Å². The van der Waals surface area contributed by atoms with Crippen LogP contribution in [-0.2, 0) is 15.7 Å². The zero-order valence-corrected chi connectivity index (χ0v) is 8.89. The van der Waals surface area contributed by atoms with Crippen molar-refractivity contribution in [2.75, 3.05) is 6.61 Å². The van der Waals surface area contributed by atoms with E-state index in [2.05, 4.69) is 21.7 Å². The van der Waals surface area contributed by atoms with Crippen LogP contribution in [0.1, 0.15) is 24.6 Å². The number of aromatic amines is 1. The smallest absolute Gasteiger partial charge is 0.434 e. The van der Waals surface area contributed by atoms with Gasteiger partial charge in [0.15, 0.2) is 5.69 Å². The lowest BCUT2D eigenvalue weighted by molar-refractivity contribution is -0.142. The maximum atomic E-state index is 12.4. The van der Waals surface area contributed by atoms with E-state index in [0.29, 0.717) is 0 Å². The van der Waals surface area contributed by atoms with Crippen LogP contribution < -0.4 is 0 Å². The quantitative estimate of drug-likeness (QED) is 0.638. The number of hydrogen-bond acceptors (Lipinski definition) is 3. The highest BCUT2D eigenvalue weighted by Gasteiger charge is 2.35. The summed E-state index contributed by atoms with van der Waals surface area (Å²) in [7, 11) is 0. The first kappa shape index (κ1) is 13.1. The van der Waals surface area contributed by atoms with Crippen molar-refractivity contribution < 1.29 is 22.7 Å². The Hall–Kier alpha value is -1.97. The van der Waals surface area contributed by atoms with Gasteiger partial charge in [-0.15, -0.1) is 0 Å². The number of ether oxygens (including phenoxy) is 1. The molecule has 7 heteroatoms. The molecule has 0 saturated carbocycles. The number of esters is 1. The number of halogens is 3. The summed E-state index contributed by atoms with van der Waals surface area (Å²) in [5, 5.41) is 5.07. The summed E-state index contributed by atoms with van der Waals surface area (Å²) in [5.74, 6) is 3.95. The minimum Gasteiger partial charge on any atom is -0.465 e. The first-order chi connectivity index (χ1) is 7.95. The van der Waals surface area contributed by atoms with Crippen LogP contribution in [0.15, 0.2) is 6.20 Å². The zero-order chi connectivity index (χ0) is 12.9. The number of aromatic nitrogens is 2. The number of rotatable bonds is 2. The molecule has 0 amide bonds. The highest BCUT2D eigenvalue weighted by molar-refractivity contribution is 5.72. The van der Waals surface area contributed by atoms with Gasteiger partial charge >= 0.3 is 12.1 Å². The molecule has 0 aliphatic rings. The van der Waals surface area contributed by atoms with Crippen LogP contribution in [0.25, 0.3) is 0 Å². The summed E-state index contributed by atoms with van der Waals surface area (Å²) < 4.78 is 41.6. The fourth-order valence-electron chi connectivity index (χ4n) is 1.02. The van der Waals surface area contributed by atoms with Crippen LogP contribution in [0.2, 0.25) is 0 Å². The van der Waals surface area contributed by atoms with E-state index in [4.69, 9.17) is 0 Å². The molecule has 4 nitrogen and oxygen atoms in total. The van der Waals surface area contributed by atoms with Gasteiger partial charge in [0.25, 0.3) is 0 Å². The zero-order valence-electron chi connectivity index (χ0n) is 8.89. The van der Waals surface area contributed by atoms with Gasteiger partial charge in [-0.05, 0) is 6.92 Å². The van der Waals surface area contributed by atoms with Gasteiger partial charge in [0, 0.05) is 0 Å². The minimum absolute atomic E-state index is 0.208. The van der Waals surface area contributed by atoms with Crippen molar-refractivity contribution in [2.45, 2.75) is 19.5 Å². The van der Waals surface area contributed by atoms with Crippen LogP contribution >= 0.6 is 0 Å². The number of alkyl halides is 3. The number of carbonyl (C=O) groups is 1. The van der Waals surface area contributed by atoms with E-state index < -0.39 is 17.8 Å². The molecule has 1 aromatic rings. The third kappa shape index (κ3) is 3.83. The molecular formula is C10H9F3N2O2. The second kappa shape index (κ2) is 5.39.